The van der Waals surface area contributed by atoms with Crippen LogP contribution in [0.4, 0.5) is 0 Å². The molecule has 1 aromatic carbocycles. The van der Waals surface area contributed by atoms with Gasteiger partial charge in [0.2, 0.25) is 0 Å². The maximum absolute atomic E-state index is 12.2. The van der Waals surface area contributed by atoms with Gasteiger partial charge in [0.15, 0.2) is 5.78 Å². The molecule has 2 heterocycles. The summed E-state index contributed by atoms with van der Waals surface area (Å²) >= 11 is 7.47. The molecule has 20 heavy (non-hydrogen) atoms. The van der Waals surface area contributed by atoms with Crippen molar-refractivity contribution in [3.8, 4) is 0 Å². The van der Waals surface area contributed by atoms with E-state index in [1.54, 1.807) is 6.08 Å². The molecule has 0 N–H and O–H groups in total. The summed E-state index contributed by atoms with van der Waals surface area (Å²) in [5.41, 5.74) is 0. The van der Waals surface area contributed by atoms with Crippen LogP contribution in [0.2, 0.25) is 5.02 Å². The summed E-state index contributed by atoms with van der Waals surface area (Å²) < 4.78 is 1.06. The number of hydrogen-bond donors (Lipinski definition) is 0. The number of likely N-dealkylation sites (tertiary alicyclic amines) is 1. The van der Waals surface area contributed by atoms with E-state index in [9.17, 15) is 4.79 Å². The van der Waals surface area contributed by atoms with Gasteiger partial charge in [0.25, 0.3) is 0 Å². The maximum atomic E-state index is 12.2. The van der Waals surface area contributed by atoms with E-state index in [1.807, 2.05) is 30.5 Å². The molecular formula is C16H16ClNOS. The summed E-state index contributed by atoms with van der Waals surface area (Å²) in [5, 5.41) is 1.79. The number of ketones is 1. The van der Waals surface area contributed by atoms with Crippen LogP contribution >= 0.6 is 22.9 Å². The summed E-state index contributed by atoms with van der Waals surface area (Å²) in [6, 6.07) is 7.67. The summed E-state index contributed by atoms with van der Waals surface area (Å²) in [6.45, 7) is 2.12. The lowest BCUT2D eigenvalue weighted by atomic mass is 10.1. The van der Waals surface area contributed by atoms with Crippen molar-refractivity contribution in [3.05, 3.63) is 46.4 Å². The fraction of sp³-hybridized carbons (Fsp3) is 0.312. The molecule has 0 atom stereocenters. The number of fused-ring (bicyclic) bond motifs is 1. The van der Waals surface area contributed by atoms with Crippen molar-refractivity contribution in [2.45, 2.75) is 19.3 Å². The number of hydrogen-bond acceptors (Lipinski definition) is 3. The van der Waals surface area contributed by atoms with Crippen molar-refractivity contribution in [2.24, 2.45) is 0 Å². The highest BCUT2D eigenvalue weighted by Crippen LogP contribution is 2.28. The zero-order chi connectivity index (χ0) is 13.9. The Balaban J connectivity index is 1.76. The Kier molecular flexibility index (Phi) is 4.08. The Bertz CT molecular complexity index is 656. The fourth-order valence-electron chi connectivity index (χ4n) is 2.45. The Morgan fingerprint density at radius 1 is 1.20 bits per heavy atom. The van der Waals surface area contributed by atoms with E-state index in [4.69, 9.17) is 11.6 Å². The second-order valence-corrected chi connectivity index (χ2v) is 6.59. The molecule has 0 unspecified atom stereocenters. The lowest BCUT2D eigenvalue weighted by molar-refractivity contribution is 0.104. The van der Waals surface area contributed by atoms with E-state index in [1.165, 1.54) is 30.6 Å². The number of carbonyl (C=O) groups is 1. The zero-order valence-corrected chi connectivity index (χ0v) is 12.7. The molecule has 0 amide bonds. The molecule has 104 valence electrons. The van der Waals surface area contributed by atoms with Gasteiger partial charge in [-0.25, -0.2) is 0 Å². The third-order valence-corrected chi connectivity index (χ3v) is 4.90. The van der Waals surface area contributed by atoms with Crippen LogP contribution in [0.1, 0.15) is 28.9 Å². The van der Waals surface area contributed by atoms with Crippen molar-refractivity contribution >= 4 is 38.8 Å². The van der Waals surface area contributed by atoms with Crippen molar-refractivity contribution in [1.82, 2.24) is 4.90 Å². The lowest BCUT2D eigenvalue weighted by Gasteiger charge is -2.24. The molecule has 0 bridgehead atoms. The number of nitrogens with zero attached hydrogens (tertiary/aromatic N) is 1. The first kappa shape index (κ1) is 13.7. The number of carbonyl (C=O) groups excluding carboxylic acids is 1. The van der Waals surface area contributed by atoms with Crippen molar-refractivity contribution in [1.29, 1.82) is 0 Å². The number of halogens is 1. The van der Waals surface area contributed by atoms with Gasteiger partial charge in [-0.05, 0) is 42.8 Å². The van der Waals surface area contributed by atoms with Crippen LogP contribution in [0.5, 0.6) is 0 Å². The van der Waals surface area contributed by atoms with Gasteiger partial charge in [0.05, 0.1) is 4.88 Å². The number of thiophene rings is 1. The van der Waals surface area contributed by atoms with E-state index < -0.39 is 0 Å². The molecule has 2 aromatic rings. The standard InChI is InChI=1S/C16H16ClNOS/c17-13-5-4-12-10-16(20-15(12)11-13)14(19)6-9-18-7-2-1-3-8-18/h4-6,9-11H,1-3,7-8H2. The highest BCUT2D eigenvalue weighted by atomic mass is 35.5. The quantitative estimate of drug-likeness (QED) is 0.603. The third kappa shape index (κ3) is 3.05. The number of piperidine rings is 1. The number of allylic oxidation sites excluding steroid dienone is 1. The Morgan fingerprint density at radius 2 is 2.00 bits per heavy atom. The van der Waals surface area contributed by atoms with Crippen molar-refractivity contribution in [2.75, 3.05) is 13.1 Å². The van der Waals surface area contributed by atoms with Gasteiger partial charge < -0.3 is 4.90 Å². The minimum atomic E-state index is 0.0768. The first-order chi connectivity index (χ1) is 9.72. The van der Waals surface area contributed by atoms with E-state index in [0.29, 0.717) is 5.02 Å². The molecule has 2 nitrogen and oxygen atoms in total. The monoisotopic (exact) mass is 305 g/mol. The van der Waals surface area contributed by atoms with Crippen LogP contribution < -0.4 is 0 Å². The second kappa shape index (κ2) is 5.98. The van der Waals surface area contributed by atoms with Crippen LogP contribution in [0.3, 0.4) is 0 Å². The highest BCUT2D eigenvalue weighted by molar-refractivity contribution is 7.21. The summed E-state index contributed by atoms with van der Waals surface area (Å²) in [6.07, 6.45) is 7.38. The predicted molar refractivity (Wildman–Crippen MR) is 85.7 cm³/mol. The lowest BCUT2D eigenvalue weighted by Crippen LogP contribution is -2.24. The molecule has 1 aliphatic rings. The van der Waals surface area contributed by atoms with Crippen molar-refractivity contribution < 1.29 is 4.79 Å². The van der Waals surface area contributed by atoms with Gasteiger partial charge in [-0.2, -0.15) is 0 Å². The minimum absolute atomic E-state index is 0.0768. The minimum Gasteiger partial charge on any atom is -0.377 e. The SMILES string of the molecule is O=C(C=CN1CCCCC1)c1cc2ccc(Cl)cc2s1. The Morgan fingerprint density at radius 3 is 2.80 bits per heavy atom. The van der Waals surface area contributed by atoms with E-state index in [0.717, 1.165) is 28.1 Å². The van der Waals surface area contributed by atoms with E-state index in [-0.39, 0.29) is 5.78 Å². The molecule has 0 spiro atoms. The molecule has 0 aliphatic carbocycles. The molecule has 1 aliphatic heterocycles. The van der Waals surface area contributed by atoms with Crippen molar-refractivity contribution in [3.63, 3.8) is 0 Å². The van der Waals surface area contributed by atoms with Crippen LogP contribution in [-0.4, -0.2) is 23.8 Å². The van der Waals surface area contributed by atoms with Gasteiger partial charge >= 0.3 is 0 Å². The van der Waals surface area contributed by atoms with Gasteiger partial charge in [-0.3, -0.25) is 4.79 Å². The summed E-state index contributed by atoms with van der Waals surface area (Å²) in [4.78, 5) is 15.2. The fourth-order valence-corrected chi connectivity index (χ4v) is 3.71. The first-order valence-electron chi connectivity index (χ1n) is 6.88. The predicted octanol–water partition coefficient (Wildman–Crippen LogP) is 4.74. The van der Waals surface area contributed by atoms with Gasteiger partial charge in [0, 0.05) is 35.1 Å². The molecule has 0 radical (unpaired) electrons. The first-order valence-corrected chi connectivity index (χ1v) is 8.07. The van der Waals surface area contributed by atoms with Gasteiger partial charge in [0.1, 0.15) is 0 Å². The van der Waals surface area contributed by atoms with Crippen LogP contribution in [0, 0.1) is 0 Å². The smallest absolute Gasteiger partial charge is 0.197 e. The summed E-state index contributed by atoms with van der Waals surface area (Å²) in [7, 11) is 0. The third-order valence-electron chi connectivity index (χ3n) is 3.55. The van der Waals surface area contributed by atoms with Crippen LogP contribution in [-0.2, 0) is 0 Å². The molecule has 1 aromatic heterocycles. The maximum Gasteiger partial charge on any atom is 0.197 e. The average molecular weight is 306 g/mol. The zero-order valence-electron chi connectivity index (χ0n) is 11.1. The summed E-state index contributed by atoms with van der Waals surface area (Å²) in [5.74, 6) is 0.0768. The normalized spacial score (nSPS) is 16.1. The largest absolute Gasteiger partial charge is 0.377 e. The Hall–Kier alpha value is -1.32. The molecule has 1 saturated heterocycles. The molecule has 4 heteroatoms. The highest BCUT2D eigenvalue weighted by Gasteiger charge is 2.10. The van der Waals surface area contributed by atoms with Crippen LogP contribution in [0.15, 0.2) is 36.5 Å². The van der Waals surface area contributed by atoms with Gasteiger partial charge in [-0.15, -0.1) is 11.3 Å². The topological polar surface area (TPSA) is 20.3 Å². The average Bonchev–Trinajstić information content (AvgIpc) is 2.89. The molecule has 0 saturated carbocycles. The van der Waals surface area contributed by atoms with Gasteiger partial charge in [-0.1, -0.05) is 17.7 Å². The van der Waals surface area contributed by atoms with E-state index in [2.05, 4.69) is 4.90 Å². The molecular weight excluding hydrogens is 290 g/mol. The molecule has 3 rings (SSSR count). The van der Waals surface area contributed by atoms with Crippen LogP contribution in [0.25, 0.3) is 10.1 Å². The number of benzene rings is 1. The number of rotatable bonds is 3. The molecule has 1 fully saturated rings. The second-order valence-electron chi connectivity index (χ2n) is 5.07. The Labute approximate surface area is 127 Å². The van der Waals surface area contributed by atoms with E-state index >= 15 is 0 Å².